The van der Waals surface area contributed by atoms with Crippen molar-refractivity contribution in [3.05, 3.63) is 356 Å². The number of hydrogen-bond acceptors (Lipinski definition) is 36. The Morgan fingerprint density at radius 2 is 0.601 bits per heavy atom. The smallest absolute Gasteiger partial charge is 0.287 e. The number of pyridine rings is 9. The van der Waals surface area contributed by atoms with Crippen molar-refractivity contribution in [3.8, 4) is 74.9 Å². The zero-order valence-corrected chi connectivity index (χ0v) is 78.6. The van der Waals surface area contributed by atoms with Crippen LogP contribution < -0.4 is 33.2 Å². The summed E-state index contributed by atoms with van der Waals surface area (Å²) in [6, 6.07) is 32.7. The molecule has 2 fully saturated rings. The summed E-state index contributed by atoms with van der Waals surface area (Å²) in [5, 5.41) is 1.57. The standard InChI is InChI=1S/C18H14F2N4O2.C18H21N3O2.C17H14N4O3.C17H14N4O2.C17H19N3O2.C16H12F2N4O2S/c1-18(19,20)17-4-2-3-12(24-17)7-16(25)15-8-13(5-6-23-15)26-14-9-21-11-22-10-14;22-18(9-14-5-3-1-2-4-6-14)17-10-15(7-8-21-17)23-16-11-19-13-20-12-16;1-23-17-4-2-3-12(21-17)7-16(22)15-8-13(5-6-20-15)24-14-9-18-11-19-10-14;1-12-2-4-20-13(6-12)7-17(22)16-8-14(3-5-21-16)23-15-9-18-11-19-10-15;21-17(8-13-4-2-1-3-5-13)16-9-14(6-7-20-16)22-15-10-18-12-19-11-15;1-16(17,18)14-8-25-15(22-14)5-13(23)12-4-10(2-3-21-12)24-11-6-19-9-20-7-11/h2-6,8-11H,7H2,1H3;7-8,10-14H,1-6,9H2;2-6,8-11H,7H2,1H3;2-6,8-11H,7H2,1H3;6-7,9-13H,1-5,8H2;2-4,6-9H,5H2,1H3. The fourth-order valence-corrected chi connectivity index (χ4v) is 14.9. The van der Waals surface area contributed by atoms with Crippen LogP contribution in [0.2, 0.25) is 0 Å². The molecule has 0 unspecified atom stereocenters. The van der Waals surface area contributed by atoms with Gasteiger partial charge in [0.25, 0.3) is 11.8 Å². The average molecular weight is 1960 g/mol. The van der Waals surface area contributed by atoms with Gasteiger partial charge in [-0.1, -0.05) is 82.8 Å². The number of methoxy groups -OCH3 is 1. The van der Waals surface area contributed by atoms with E-state index in [4.69, 9.17) is 33.2 Å². The number of thiazole rings is 1. The molecule has 0 aliphatic heterocycles. The molecule has 0 N–H and O–H groups in total. The summed E-state index contributed by atoms with van der Waals surface area (Å²) in [6.07, 6.45) is 52.4. The fraction of sp³-hybridized carbons (Fsp3) is 0.243. The van der Waals surface area contributed by atoms with Crippen molar-refractivity contribution in [2.24, 2.45) is 11.8 Å². The topological polar surface area (TPSA) is 451 Å². The van der Waals surface area contributed by atoms with E-state index < -0.39 is 11.8 Å². The molecule has 0 saturated heterocycles. The van der Waals surface area contributed by atoms with Gasteiger partial charge in [0.1, 0.15) is 123 Å². The summed E-state index contributed by atoms with van der Waals surface area (Å²) in [5.41, 5.74) is 3.83. The lowest BCUT2D eigenvalue weighted by Gasteiger charge is -2.20. The van der Waals surface area contributed by atoms with Crippen molar-refractivity contribution < 1.29 is 79.5 Å². The Bertz CT molecular complexity index is 6820. The number of halogens is 4. The second-order valence-corrected chi connectivity index (χ2v) is 33.2. The van der Waals surface area contributed by atoms with Crippen LogP contribution in [0.5, 0.6) is 74.9 Å². The molecular formula is C103H94F4N22O13S. The van der Waals surface area contributed by atoms with Crippen LogP contribution in [0.1, 0.15) is 199 Å². The van der Waals surface area contributed by atoms with E-state index in [2.05, 4.69) is 110 Å². The minimum Gasteiger partial charge on any atom is -0.481 e. The van der Waals surface area contributed by atoms with Gasteiger partial charge >= 0.3 is 0 Å². The van der Waals surface area contributed by atoms with Gasteiger partial charge in [0.2, 0.25) is 5.88 Å². The number of carbonyl (C=O) groups excluding carboxylic acids is 6. The zero-order chi connectivity index (χ0) is 100. The van der Waals surface area contributed by atoms with Crippen LogP contribution in [0, 0.1) is 18.8 Å². The lowest BCUT2D eigenvalue weighted by Crippen LogP contribution is -2.13. The molecule has 0 bridgehead atoms. The highest BCUT2D eigenvalue weighted by atomic mass is 32.1. The molecule has 40 heteroatoms. The molecule has 728 valence electrons. The van der Waals surface area contributed by atoms with Crippen molar-refractivity contribution in [2.75, 3.05) is 7.11 Å². The molecule has 0 radical (unpaired) electrons. The molecule has 0 atom stereocenters. The number of alkyl halides is 4. The Hall–Kier alpha value is -17.2. The van der Waals surface area contributed by atoms with Crippen LogP contribution >= 0.6 is 11.3 Å². The van der Waals surface area contributed by atoms with Crippen molar-refractivity contribution in [1.82, 2.24) is 110 Å². The number of ether oxygens (including phenoxy) is 7. The molecule has 0 amide bonds. The van der Waals surface area contributed by atoms with E-state index >= 15 is 0 Å². The molecule has 143 heavy (non-hydrogen) atoms. The molecule has 2 aliphatic rings. The van der Waals surface area contributed by atoms with Gasteiger partial charge in [-0.15, -0.1) is 11.3 Å². The summed E-state index contributed by atoms with van der Waals surface area (Å²) in [7, 11) is 1.53. The van der Waals surface area contributed by atoms with E-state index in [0.29, 0.717) is 133 Å². The number of hydrogen-bond donors (Lipinski definition) is 0. The monoisotopic (exact) mass is 1950 g/mol. The maximum absolute atomic E-state index is 13.4. The summed E-state index contributed by atoms with van der Waals surface area (Å²) in [5.74, 6) is 0.456. The SMILES string of the molecule is CC(F)(F)c1cccc(CC(=O)c2cc(Oc3cncnc3)ccn2)n1.CC(F)(F)c1csc(CC(=O)c2cc(Oc3cncnc3)ccn2)n1.COc1cccc(CC(=O)c2cc(Oc3cncnc3)ccn2)n1.Cc1ccnc(CC(=O)c2cc(Oc3cncnc3)ccn2)c1.O=C(CC1CCCCC1)c1cc(Oc2cncnc2)ccn1.O=C(CC1CCCCCC1)c1cc(Oc2cncnc2)ccn1. The van der Waals surface area contributed by atoms with E-state index in [9.17, 15) is 46.3 Å². The Kier molecular flexibility index (Phi) is 38.3. The summed E-state index contributed by atoms with van der Waals surface area (Å²) < 4.78 is 91.8. The van der Waals surface area contributed by atoms with Gasteiger partial charge in [-0.05, 0) is 91.1 Å². The first-order valence-corrected chi connectivity index (χ1v) is 45.9. The number of ketones is 6. The Labute approximate surface area is 822 Å². The third-order valence-electron chi connectivity index (χ3n) is 20.9. The molecule has 16 aromatic heterocycles. The highest BCUT2D eigenvalue weighted by Crippen LogP contribution is 2.34. The summed E-state index contributed by atoms with van der Waals surface area (Å²) >= 11 is 1.02. The third kappa shape index (κ3) is 34.7. The van der Waals surface area contributed by atoms with Gasteiger partial charge in [-0.3, -0.25) is 68.6 Å². The quantitative estimate of drug-likeness (QED) is 0.0209. The Morgan fingerprint density at radius 1 is 0.315 bits per heavy atom. The van der Waals surface area contributed by atoms with E-state index in [1.165, 1.54) is 188 Å². The largest absolute Gasteiger partial charge is 0.481 e. The molecule has 18 rings (SSSR count). The van der Waals surface area contributed by atoms with Gasteiger partial charge in [-0.25, -0.2) is 69.8 Å². The van der Waals surface area contributed by atoms with E-state index in [1.54, 1.807) is 135 Å². The molecule has 16 heterocycles. The van der Waals surface area contributed by atoms with Crippen LogP contribution in [0.3, 0.4) is 0 Å². The average Bonchev–Trinajstić information content (AvgIpc) is 1.65. The first-order chi connectivity index (χ1) is 69.4. The first kappa shape index (κ1) is 103. The van der Waals surface area contributed by atoms with Gasteiger partial charge in [0.15, 0.2) is 69.2 Å². The van der Waals surface area contributed by atoms with Crippen molar-refractivity contribution in [3.63, 3.8) is 0 Å². The minimum absolute atomic E-state index is 0.0988. The van der Waals surface area contributed by atoms with E-state index in [-0.39, 0.29) is 88.9 Å². The minimum atomic E-state index is -3.07. The number of aryl methyl sites for hydroxylation is 1. The number of nitrogens with zero attached hydrogens (tertiary/aromatic N) is 22. The summed E-state index contributed by atoms with van der Waals surface area (Å²) in [4.78, 5) is 161. The fourth-order valence-electron chi connectivity index (χ4n) is 14.1. The lowest BCUT2D eigenvalue weighted by atomic mass is 9.85. The van der Waals surface area contributed by atoms with Crippen molar-refractivity contribution in [1.29, 1.82) is 0 Å². The molecule has 2 saturated carbocycles. The van der Waals surface area contributed by atoms with Crippen molar-refractivity contribution in [2.45, 2.75) is 142 Å². The van der Waals surface area contributed by atoms with Crippen LogP contribution in [-0.4, -0.2) is 151 Å². The van der Waals surface area contributed by atoms with E-state index in [1.807, 2.05) is 19.1 Å². The first-order valence-electron chi connectivity index (χ1n) is 45.0. The molecular weight excluding hydrogens is 1860 g/mol. The molecule has 0 aromatic carbocycles. The van der Waals surface area contributed by atoms with Gasteiger partial charge in [-0.2, -0.15) is 17.6 Å². The molecule has 2 aliphatic carbocycles. The predicted molar refractivity (Wildman–Crippen MR) is 511 cm³/mol. The second-order valence-electron chi connectivity index (χ2n) is 32.2. The molecule has 16 aromatic rings. The van der Waals surface area contributed by atoms with Gasteiger partial charge in [0.05, 0.1) is 113 Å². The van der Waals surface area contributed by atoms with Crippen LogP contribution in [-0.2, 0) is 37.5 Å². The van der Waals surface area contributed by atoms with Gasteiger partial charge < -0.3 is 33.2 Å². The molecule has 0 spiro atoms. The van der Waals surface area contributed by atoms with Crippen molar-refractivity contribution >= 4 is 46.0 Å². The Morgan fingerprint density at radius 3 is 0.909 bits per heavy atom. The van der Waals surface area contributed by atoms with Gasteiger partial charge in [0, 0.05) is 129 Å². The Balaban J connectivity index is 0.000000144. The number of carbonyl (C=O) groups is 6. The zero-order valence-electron chi connectivity index (χ0n) is 77.8. The lowest BCUT2D eigenvalue weighted by molar-refractivity contribution is 0.0122. The van der Waals surface area contributed by atoms with Crippen LogP contribution in [0.15, 0.2) is 282 Å². The third-order valence-corrected chi connectivity index (χ3v) is 21.8. The van der Waals surface area contributed by atoms with E-state index in [0.717, 1.165) is 62.1 Å². The van der Waals surface area contributed by atoms with Crippen LogP contribution in [0.25, 0.3) is 0 Å². The van der Waals surface area contributed by atoms with Crippen LogP contribution in [0.4, 0.5) is 17.6 Å². The maximum atomic E-state index is 13.4. The highest BCUT2D eigenvalue weighted by Gasteiger charge is 2.30. The number of aromatic nitrogens is 22. The highest BCUT2D eigenvalue weighted by molar-refractivity contribution is 7.09. The second kappa shape index (κ2) is 53.1. The maximum Gasteiger partial charge on any atom is 0.287 e. The molecule has 35 nitrogen and oxygen atoms in total. The predicted octanol–water partition coefficient (Wildman–Crippen LogP) is 20.6. The number of Topliss-reactive ketones (excluding diaryl/α,β-unsaturated/α-hetero) is 6. The summed E-state index contributed by atoms with van der Waals surface area (Å²) in [6.45, 7) is 3.49. The normalized spacial score (nSPS) is 12.3. The number of rotatable bonds is 33.